The van der Waals surface area contributed by atoms with E-state index in [9.17, 15) is 4.79 Å². The first-order valence-electron chi connectivity index (χ1n) is 5.87. The summed E-state index contributed by atoms with van der Waals surface area (Å²) in [6, 6.07) is 9.48. The first-order valence-corrected chi connectivity index (χ1v) is 7.53. The molecule has 0 saturated carbocycles. The lowest BCUT2D eigenvalue weighted by atomic mass is 10.0. The Hall–Kier alpha value is -1.45. The normalized spacial score (nSPS) is 10.8. The van der Waals surface area contributed by atoms with Gasteiger partial charge < -0.3 is 9.92 Å². The SMILES string of the molecule is Cc1c(N)ccc2cc(SOC(=O)CSOOO)ccc12. The molecule has 0 heterocycles. The summed E-state index contributed by atoms with van der Waals surface area (Å²) < 4.78 is 9.08. The van der Waals surface area contributed by atoms with Crippen LogP contribution >= 0.6 is 24.1 Å². The van der Waals surface area contributed by atoms with Crippen molar-refractivity contribution in [2.75, 3.05) is 11.5 Å². The topological polar surface area (TPSA) is 91.0 Å². The number of nitrogens with two attached hydrogens (primary N) is 1. The Bertz CT molecular complexity index is 650. The van der Waals surface area contributed by atoms with Crippen LogP contribution in [0.5, 0.6) is 0 Å². The summed E-state index contributed by atoms with van der Waals surface area (Å²) in [6.07, 6.45) is 0. The third-order valence-corrected chi connectivity index (χ3v) is 4.01. The van der Waals surface area contributed by atoms with E-state index in [0.29, 0.717) is 12.0 Å². The van der Waals surface area contributed by atoms with Crippen LogP contribution in [0.1, 0.15) is 5.56 Å². The van der Waals surface area contributed by atoms with Gasteiger partial charge in [-0.3, -0.25) is 4.79 Å². The van der Waals surface area contributed by atoms with Crippen molar-refractivity contribution in [1.29, 1.82) is 0 Å². The molecule has 0 spiro atoms. The maximum atomic E-state index is 11.4. The van der Waals surface area contributed by atoms with E-state index in [4.69, 9.17) is 15.2 Å². The number of benzene rings is 2. The molecule has 0 aromatic heterocycles. The molecule has 0 saturated heterocycles. The highest BCUT2D eigenvalue weighted by Gasteiger charge is 2.08. The van der Waals surface area contributed by atoms with E-state index in [-0.39, 0.29) is 5.75 Å². The number of hydrogen-bond donors (Lipinski definition) is 2. The van der Waals surface area contributed by atoms with Gasteiger partial charge in [0, 0.05) is 22.6 Å². The van der Waals surface area contributed by atoms with E-state index in [1.165, 1.54) is 0 Å². The Kier molecular flexibility index (Phi) is 5.71. The van der Waals surface area contributed by atoms with Crippen LogP contribution in [0.4, 0.5) is 5.69 Å². The first kappa shape index (κ1) is 15.9. The molecule has 2 rings (SSSR count). The van der Waals surface area contributed by atoms with Crippen molar-refractivity contribution in [3.8, 4) is 0 Å². The molecule has 0 amide bonds. The van der Waals surface area contributed by atoms with Gasteiger partial charge in [-0.2, -0.15) is 0 Å². The zero-order valence-corrected chi connectivity index (χ0v) is 12.7. The van der Waals surface area contributed by atoms with Crippen LogP contribution < -0.4 is 5.73 Å². The molecule has 21 heavy (non-hydrogen) atoms. The summed E-state index contributed by atoms with van der Waals surface area (Å²) in [5, 5.41) is 13.4. The zero-order chi connectivity index (χ0) is 15.2. The van der Waals surface area contributed by atoms with E-state index in [0.717, 1.165) is 39.0 Å². The fraction of sp³-hybridized carbons (Fsp3) is 0.154. The minimum atomic E-state index is -0.504. The Labute approximate surface area is 129 Å². The highest BCUT2D eigenvalue weighted by Crippen LogP contribution is 2.28. The molecule has 0 radical (unpaired) electrons. The average Bonchev–Trinajstić information content (AvgIpc) is 2.49. The maximum absolute atomic E-state index is 11.4. The molecule has 2 aromatic rings. The van der Waals surface area contributed by atoms with Crippen LogP contribution in [0.3, 0.4) is 0 Å². The second kappa shape index (κ2) is 7.53. The van der Waals surface area contributed by atoms with Crippen molar-refractivity contribution in [1.82, 2.24) is 0 Å². The summed E-state index contributed by atoms with van der Waals surface area (Å²) in [6.45, 7) is 1.96. The number of carbonyl (C=O) groups is 1. The average molecular weight is 327 g/mol. The minimum absolute atomic E-state index is 0.100. The largest absolute Gasteiger partial charge is 0.398 e. The smallest absolute Gasteiger partial charge is 0.330 e. The standard InChI is InChI=1S/C13H13NO5S2/c1-8-11-4-3-10(6-9(11)2-5-12(8)14)21-17-13(15)7-20-19-18-16/h2-6,16H,7,14H2,1H3. The van der Waals surface area contributed by atoms with E-state index >= 15 is 0 Å². The third kappa shape index (κ3) is 4.26. The van der Waals surface area contributed by atoms with Gasteiger partial charge in [0.1, 0.15) is 5.75 Å². The molecule has 0 bridgehead atoms. The van der Waals surface area contributed by atoms with Crippen molar-refractivity contribution in [2.45, 2.75) is 11.8 Å². The van der Waals surface area contributed by atoms with Crippen LogP contribution in [-0.4, -0.2) is 17.0 Å². The van der Waals surface area contributed by atoms with E-state index in [2.05, 4.69) is 9.37 Å². The summed E-state index contributed by atoms with van der Waals surface area (Å²) in [7, 11) is 0. The number of carbonyl (C=O) groups excluding carboxylic acids is 1. The fourth-order valence-electron chi connectivity index (χ4n) is 1.74. The van der Waals surface area contributed by atoms with Crippen molar-refractivity contribution in [2.24, 2.45) is 0 Å². The van der Waals surface area contributed by atoms with E-state index in [1.54, 1.807) is 0 Å². The molecule has 0 fully saturated rings. The number of anilines is 1. The Balaban J connectivity index is 2.00. The molecule has 6 nitrogen and oxygen atoms in total. The van der Waals surface area contributed by atoms with Crippen LogP contribution in [0.25, 0.3) is 10.8 Å². The Morgan fingerprint density at radius 2 is 2.14 bits per heavy atom. The van der Waals surface area contributed by atoms with Gasteiger partial charge in [0.2, 0.25) is 0 Å². The van der Waals surface area contributed by atoms with Crippen LogP contribution in [0.2, 0.25) is 0 Å². The summed E-state index contributed by atoms with van der Waals surface area (Å²) in [5.41, 5.74) is 7.64. The van der Waals surface area contributed by atoms with Gasteiger partial charge >= 0.3 is 5.97 Å². The lowest BCUT2D eigenvalue weighted by Crippen LogP contribution is -2.02. The highest BCUT2D eigenvalue weighted by atomic mass is 32.2. The summed E-state index contributed by atoms with van der Waals surface area (Å²) >= 11 is 1.59. The number of rotatable bonds is 6. The van der Waals surface area contributed by atoms with Gasteiger partial charge in [0.25, 0.3) is 0 Å². The quantitative estimate of drug-likeness (QED) is 0.274. The maximum Gasteiger partial charge on any atom is 0.330 e. The molecule has 112 valence electrons. The third-order valence-electron chi connectivity index (χ3n) is 2.79. The lowest BCUT2D eigenvalue weighted by Gasteiger charge is -2.07. The van der Waals surface area contributed by atoms with Gasteiger partial charge in [-0.1, -0.05) is 17.2 Å². The number of aryl methyl sites for hydroxylation is 1. The van der Waals surface area contributed by atoms with E-state index in [1.807, 2.05) is 37.3 Å². The van der Waals surface area contributed by atoms with Crippen LogP contribution in [-0.2, 0) is 18.3 Å². The van der Waals surface area contributed by atoms with Gasteiger partial charge in [0.05, 0.1) is 12.0 Å². The zero-order valence-electron chi connectivity index (χ0n) is 11.1. The number of fused-ring (bicyclic) bond motifs is 1. The van der Waals surface area contributed by atoms with Crippen molar-refractivity contribution in [3.63, 3.8) is 0 Å². The molecule has 0 atom stereocenters. The van der Waals surface area contributed by atoms with E-state index < -0.39 is 5.97 Å². The second-order valence-electron chi connectivity index (χ2n) is 4.11. The van der Waals surface area contributed by atoms with Gasteiger partial charge in [-0.15, -0.1) is 4.33 Å². The Morgan fingerprint density at radius 3 is 2.90 bits per heavy atom. The number of hydrogen-bond acceptors (Lipinski definition) is 8. The van der Waals surface area contributed by atoms with Gasteiger partial charge in [0.15, 0.2) is 0 Å². The minimum Gasteiger partial charge on any atom is -0.398 e. The predicted octanol–water partition coefficient (Wildman–Crippen LogP) is 3.35. The van der Waals surface area contributed by atoms with Crippen LogP contribution in [0.15, 0.2) is 35.2 Å². The van der Waals surface area contributed by atoms with Crippen LogP contribution in [0, 0.1) is 6.92 Å². The molecule has 3 N–H and O–H groups in total. The molecule has 2 aromatic carbocycles. The molecular formula is C13H13NO5S2. The van der Waals surface area contributed by atoms with Crippen molar-refractivity contribution >= 4 is 46.5 Å². The predicted molar refractivity (Wildman–Crippen MR) is 82.3 cm³/mol. The molecule has 8 heteroatoms. The first-order chi connectivity index (χ1) is 10.1. The second-order valence-corrected chi connectivity index (χ2v) is 5.57. The monoisotopic (exact) mass is 327 g/mol. The Morgan fingerprint density at radius 1 is 1.33 bits per heavy atom. The highest BCUT2D eigenvalue weighted by molar-refractivity contribution is 7.96. The van der Waals surface area contributed by atoms with Crippen molar-refractivity contribution < 1.29 is 23.6 Å². The van der Waals surface area contributed by atoms with Gasteiger partial charge in [-0.05, 0) is 41.5 Å². The molecule has 0 aliphatic carbocycles. The van der Waals surface area contributed by atoms with Crippen molar-refractivity contribution in [3.05, 3.63) is 35.9 Å². The molecule has 0 aliphatic heterocycles. The summed E-state index contributed by atoms with van der Waals surface area (Å²) in [5.74, 6) is -0.604. The number of nitrogen functional groups attached to an aromatic ring is 1. The molecular weight excluding hydrogens is 314 g/mol. The summed E-state index contributed by atoms with van der Waals surface area (Å²) in [4.78, 5) is 12.2. The molecule has 0 unspecified atom stereocenters. The fourth-order valence-corrected chi connectivity index (χ4v) is 2.61. The lowest BCUT2D eigenvalue weighted by molar-refractivity contribution is -0.432. The van der Waals surface area contributed by atoms with Gasteiger partial charge in [-0.25, -0.2) is 5.26 Å². The molecule has 0 aliphatic rings.